The standard InChI is InChI=1S/C25H22F3N5O3S/c1-14-17(6-5-7-18(14)25(26,27)28)23-30-19-10-9-16(37(35,36)29-2)13-21(19)33(23)15-8-11-20-22(12-15)32(4)24(34)31(20)3/h5-13,29H,1-4H3. The normalized spacial score (nSPS) is 12.6. The summed E-state index contributed by atoms with van der Waals surface area (Å²) in [6.45, 7) is 1.38. The molecule has 12 heteroatoms. The molecular weight excluding hydrogens is 507 g/mol. The first-order chi connectivity index (χ1) is 17.3. The minimum atomic E-state index is -4.56. The molecule has 2 aromatic heterocycles. The summed E-state index contributed by atoms with van der Waals surface area (Å²) in [6, 6.07) is 13.4. The van der Waals surface area contributed by atoms with Crippen molar-refractivity contribution < 1.29 is 21.6 Å². The van der Waals surface area contributed by atoms with Crippen LogP contribution in [-0.4, -0.2) is 34.2 Å². The van der Waals surface area contributed by atoms with E-state index in [1.807, 2.05) is 0 Å². The molecule has 0 saturated heterocycles. The Morgan fingerprint density at radius 2 is 1.62 bits per heavy atom. The second-order valence-electron chi connectivity index (χ2n) is 8.68. The maximum Gasteiger partial charge on any atom is 0.416 e. The SMILES string of the molecule is CNS(=O)(=O)c1ccc2nc(-c3cccc(C(F)(F)F)c3C)n(-c3ccc4c(c3)n(C)c(=O)n4C)c2c1. The van der Waals surface area contributed by atoms with E-state index in [0.29, 0.717) is 27.8 Å². The average Bonchev–Trinajstić information content (AvgIpc) is 3.33. The Kier molecular flexibility index (Phi) is 5.57. The lowest BCUT2D eigenvalue weighted by Crippen LogP contribution is -2.19. The van der Waals surface area contributed by atoms with Gasteiger partial charge in [0.2, 0.25) is 10.0 Å². The van der Waals surface area contributed by atoms with Crippen LogP contribution in [-0.2, 0) is 30.3 Å². The number of imidazole rings is 2. The minimum absolute atomic E-state index is 0.0113. The van der Waals surface area contributed by atoms with Crippen molar-refractivity contribution >= 4 is 32.1 Å². The van der Waals surface area contributed by atoms with Crippen molar-refractivity contribution in [3.05, 3.63) is 76.2 Å². The number of fused-ring (bicyclic) bond motifs is 2. The predicted molar refractivity (Wildman–Crippen MR) is 134 cm³/mol. The second-order valence-corrected chi connectivity index (χ2v) is 10.6. The van der Waals surface area contributed by atoms with Gasteiger partial charge in [0.05, 0.1) is 32.5 Å². The molecule has 5 rings (SSSR count). The smallest absolute Gasteiger partial charge is 0.295 e. The van der Waals surface area contributed by atoms with Crippen LogP contribution in [0.5, 0.6) is 0 Å². The number of hydrogen-bond acceptors (Lipinski definition) is 4. The molecule has 0 aliphatic heterocycles. The molecule has 0 unspecified atom stereocenters. The molecular formula is C25H22F3N5O3S. The van der Waals surface area contributed by atoms with Gasteiger partial charge in [-0.2, -0.15) is 13.2 Å². The number of nitrogens with one attached hydrogen (secondary N) is 1. The molecule has 0 aliphatic carbocycles. The number of aromatic nitrogens is 4. The van der Waals surface area contributed by atoms with Gasteiger partial charge in [-0.05, 0) is 62.0 Å². The Hall–Kier alpha value is -3.90. The fourth-order valence-corrected chi connectivity index (χ4v) is 5.35. The van der Waals surface area contributed by atoms with Crippen LogP contribution in [0, 0.1) is 6.92 Å². The third kappa shape index (κ3) is 3.83. The number of sulfonamides is 1. The number of benzene rings is 3. The fraction of sp³-hybridized carbons (Fsp3) is 0.200. The van der Waals surface area contributed by atoms with Gasteiger partial charge in [0.25, 0.3) is 0 Å². The minimum Gasteiger partial charge on any atom is -0.295 e. The molecule has 37 heavy (non-hydrogen) atoms. The quantitative estimate of drug-likeness (QED) is 0.379. The van der Waals surface area contributed by atoms with Crippen LogP contribution in [0.1, 0.15) is 11.1 Å². The molecule has 0 fully saturated rings. The number of hydrogen-bond donors (Lipinski definition) is 1. The van der Waals surface area contributed by atoms with Gasteiger partial charge in [0.15, 0.2) is 0 Å². The van der Waals surface area contributed by atoms with Crippen molar-refractivity contribution in [3.8, 4) is 17.1 Å². The molecule has 2 heterocycles. The van der Waals surface area contributed by atoms with E-state index in [-0.39, 0.29) is 27.5 Å². The highest BCUT2D eigenvalue weighted by atomic mass is 32.2. The summed E-state index contributed by atoms with van der Waals surface area (Å²) in [4.78, 5) is 17.1. The van der Waals surface area contributed by atoms with Crippen molar-refractivity contribution in [1.29, 1.82) is 0 Å². The topological polar surface area (TPSA) is 90.9 Å². The number of halogens is 3. The fourth-order valence-electron chi connectivity index (χ4n) is 4.60. The summed E-state index contributed by atoms with van der Waals surface area (Å²) in [6.07, 6.45) is -4.56. The highest BCUT2D eigenvalue weighted by molar-refractivity contribution is 7.89. The molecule has 0 aliphatic rings. The zero-order valence-corrected chi connectivity index (χ0v) is 21.1. The van der Waals surface area contributed by atoms with Gasteiger partial charge in [-0.3, -0.25) is 13.7 Å². The molecule has 1 N–H and O–H groups in total. The maximum absolute atomic E-state index is 13.7. The van der Waals surface area contributed by atoms with Crippen molar-refractivity contribution in [2.75, 3.05) is 7.05 Å². The van der Waals surface area contributed by atoms with Gasteiger partial charge < -0.3 is 0 Å². The van der Waals surface area contributed by atoms with Crippen molar-refractivity contribution in [2.24, 2.45) is 14.1 Å². The summed E-state index contributed by atoms with van der Waals surface area (Å²) in [7, 11) is 0.742. The van der Waals surface area contributed by atoms with Gasteiger partial charge >= 0.3 is 11.9 Å². The van der Waals surface area contributed by atoms with E-state index in [1.54, 1.807) is 42.9 Å². The summed E-state index contributed by atoms with van der Waals surface area (Å²) in [5.41, 5.74) is 1.73. The number of alkyl halides is 3. The van der Waals surface area contributed by atoms with E-state index >= 15 is 0 Å². The maximum atomic E-state index is 13.7. The summed E-state index contributed by atoms with van der Waals surface area (Å²) >= 11 is 0. The first-order valence-corrected chi connectivity index (χ1v) is 12.6. The molecule has 0 atom stereocenters. The monoisotopic (exact) mass is 529 g/mol. The van der Waals surface area contributed by atoms with Crippen LogP contribution in [0.4, 0.5) is 13.2 Å². The van der Waals surface area contributed by atoms with Crippen LogP contribution in [0.2, 0.25) is 0 Å². The lowest BCUT2D eigenvalue weighted by Gasteiger charge is -2.16. The molecule has 0 amide bonds. The third-order valence-corrected chi connectivity index (χ3v) is 8.01. The van der Waals surface area contributed by atoms with Crippen molar-refractivity contribution in [1.82, 2.24) is 23.4 Å². The predicted octanol–water partition coefficient (Wildman–Crippen LogP) is 4.12. The Bertz CT molecular complexity index is 1880. The number of nitrogens with zero attached hydrogens (tertiary/aromatic N) is 4. The zero-order valence-electron chi connectivity index (χ0n) is 20.3. The van der Waals surface area contributed by atoms with Gasteiger partial charge in [-0.1, -0.05) is 12.1 Å². The Labute approximate surface area is 209 Å². The highest BCUT2D eigenvalue weighted by Crippen LogP contribution is 2.38. The molecule has 0 spiro atoms. The largest absolute Gasteiger partial charge is 0.416 e. The van der Waals surface area contributed by atoms with E-state index in [9.17, 15) is 26.4 Å². The molecule has 3 aromatic carbocycles. The van der Waals surface area contributed by atoms with Gasteiger partial charge in [0.1, 0.15) is 5.82 Å². The second kappa shape index (κ2) is 8.32. The van der Waals surface area contributed by atoms with Gasteiger partial charge in [-0.25, -0.2) is 22.9 Å². The van der Waals surface area contributed by atoms with E-state index in [1.165, 1.54) is 47.4 Å². The molecule has 192 valence electrons. The van der Waals surface area contributed by atoms with Gasteiger partial charge in [-0.15, -0.1) is 0 Å². The molecule has 8 nitrogen and oxygen atoms in total. The first kappa shape index (κ1) is 24.8. The summed E-state index contributed by atoms with van der Waals surface area (Å²) < 4.78 is 73.1. The third-order valence-electron chi connectivity index (χ3n) is 6.60. The Morgan fingerprint density at radius 1 is 0.919 bits per heavy atom. The van der Waals surface area contributed by atoms with E-state index in [0.717, 1.165) is 6.07 Å². The van der Waals surface area contributed by atoms with Crippen molar-refractivity contribution in [2.45, 2.75) is 18.0 Å². The average molecular weight is 530 g/mol. The van der Waals surface area contributed by atoms with Crippen LogP contribution >= 0.6 is 0 Å². The highest BCUT2D eigenvalue weighted by Gasteiger charge is 2.33. The van der Waals surface area contributed by atoms with Crippen LogP contribution in [0.25, 0.3) is 39.1 Å². The zero-order chi connectivity index (χ0) is 26.9. The lowest BCUT2D eigenvalue weighted by molar-refractivity contribution is -0.138. The molecule has 0 bridgehead atoms. The van der Waals surface area contributed by atoms with E-state index in [4.69, 9.17) is 0 Å². The molecule has 0 saturated carbocycles. The lowest BCUT2D eigenvalue weighted by atomic mass is 10.0. The van der Waals surface area contributed by atoms with Crippen LogP contribution in [0.3, 0.4) is 0 Å². The van der Waals surface area contributed by atoms with Crippen LogP contribution in [0.15, 0.2) is 64.3 Å². The van der Waals surface area contributed by atoms with E-state index < -0.39 is 21.8 Å². The van der Waals surface area contributed by atoms with Crippen LogP contribution < -0.4 is 10.4 Å². The Morgan fingerprint density at radius 3 is 2.30 bits per heavy atom. The molecule has 0 radical (unpaired) electrons. The summed E-state index contributed by atoms with van der Waals surface area (Å²) in [5, 5.41) is 0. The van der Waals surface area contributed by atoms with E-state index in [2.05, 4.69) is 9.71 Å². The number of rotatable bonds is 4. The Balaban J connectivity index is 1.90. The number of aryl methyl sites for hydroxylation is 2. The molecule has 5 aromatic rings. The summed E-state index contributed by atoms with van der Waals surface area (Å²) in [5.74, 6) is 0.206. The first-order valence-electron chi connectivity index (χ1n) is 11.1. The van der Waals surface area contributed by atoms with Crippen molar-refractivity contribution in [3.63, 3.8) is 0 Å². The van der Waals surface area contributed by atoms with Gasteiger partial charge in [0, 0.05) is 25.3 Å².